The highest BCUT2D eigenvalue weighted by Gasteiger charge is 2.25. The molecule has 0 amide bonds. The lowest BCUT2D eigenvalue weighted by Gasteiger charge is -2.20. The van der Waals surface area contributed by atoms with Crippen molar-refractivity contribution in [1.29, 1.82) is 0 Å². The minimum atomic E-state index is -0.566. The number of esters is 1. The molecule has 240 valence electrons. The molecule has 0 aromatic carbocycles. The van der Waals surface area contributed by atoms with Gasteiger partial charge in [-0.2, -0.15) is 0 Å². The molecule has 0 aliphatic carbocycles. The predicted molar refractivity (Wildman–Crippen MR) is 191 cm³/mol. The molecule has 0 saturated carbocycles. The Hall–Kier alpha value is 0.670. The average Bonchev–Trinajstić information content (AvgIpc) is 2.90. The van der Waals surface area contributed by atoms with E-state index in [1.807, 2.05) is 27.7 Å². The van der Waals surface area contributed by atoms with E-state index in [2.05, 4.69) is 73.9 Å². The maximum Gasteiger partial charge on any atom is 0.322 e. The Morgan fingerprint density at radius 1 is 0.550 bits per heavy atom. The fourth-order valence-electron chi connectivity index (χ4n) is 3.82. The van der Waals surface area contributed by atoms with Crippen LogP contribution in [0.4, 0.5) is 0 Å². The summed E-state index contributed by atoms with van der Waals surface area (Å²) in [7, 11) is 4.16. The zero-order valence-corrected chi connectivity index (χ0v) is 31.9. The van der Waals surface area contributed by atoms with Crippen molar-refractivity contribution in [3.05, 3.63) is 12.3 Å². The molecule has 0 N–H and O–H groups in total. The maximum atomic E-state index is 11.6. The molecule has 0 radical (unpaired) electrons. The van der Waals surface area contributed by atoms with Crippen molar-refractivity contribution >= 4 is 59.4 Å². The number of rotatable bonds is 28. The van der Waals surface area contributed by atoms with Gasteiger partial charge in [-0.15, -0.1) is 0 Å². The van der Waals surface area contributed by atoms with Crippen molar-refractivity contribution in [2.45, 2.75) is 166 Å². The molecule has 0 aromatic rings. The number of alkyl halides is 2. The molecule has 0 unspecified atom stereocenters. The molecule has 0 saturated heterocycles. The Morgan fingerprint density at radius 2 is 0.850 bits per heavy atom. The van der Waals surface area contributed by atoms with Crippen LogP contribution in [0.3, 0.4) is 0 Å². The third-order valence-corrected chi connectivity index (χ3v) is 9.83. The average molecular weight is 733 g/mol. The summed E-state index contributed by atoms with van der Waals surface area (Å²) in [4.78, 5) is 11.6. The highest BCUT2D eigenvalue weighted by molar-refractivity contribution is 9.10. The van der Waals surface area contributed by atoms with Crippen molar-refractivity contribution in [2.75, 3.05) is 24.7 Å². The van der Waals surface area contributed by atoms with Gasteiger partial charge in [0.15, 0.2) is 0 Å². The third kappa shape index (κ3) is 31.6. The van der Waals surface area contributed by atoms with E-state index >= 15 is 0 Å². The first kappa shape index (κ1) is 42.8. The van der Waals surface area contributed by atoms with Crippen LogP contribution < -0.4 is 0 Å². The van der Waals surface area contributed by atoms with Crippen LogP contribution in [0.5, 0.6) is 0 Å². The Balaban J connectivity index is 0. The van der Waals surface area contributed by atoms with Crippen LogP contribution in [0.1, 0.15) is 157 Å². The van der Waals surface area contributed by atoms with Gasteiger partial charge in [-0.25, -0.2) is 0 Å². The fourth-order valence-corrected chi connectivity index (χ4v) is 6.35. The smallest absolute Gasteiger partial charge is 0.322 e. The number of ether oxygens (including phenoxy) is 2. The van der Waals surface area contributed by atoms with Gasteiger partial charge >= 0.3 is 5.97 Å². The number of carbonyl (C=O) groups excluding carboxylic acids is 1. The largest absolute Gasteiger partial charge is 0.497 e. The van der Waals surface area contributed by atoms with Crippen molar-refractivity contribution in [3.63, 3.8) is 0 Å². The topological polar surface area (TPSA) is 35.5 Å². The van der Waals surface area contributed by atoms with Crippen LogP contribution in [-0.4, -0.2) is 39.3 Å². The lowest BCUT2D eigenvalue weighted by atomic mass is 10.1. The van der Waals surface area contributed by atoms with Crippen molar-refractivity contribution < 1.29 is 14.3 Å². The van der Waals surface area contributed by atoms with E-state index in [0.717, 1.165) is 31.6 Å². The molecule has 0 aliphatic heterocycles. The summed E-state index contributed by atoms with van der Waals surface area (Å²) in [6.45, 7) is 17.1. The first-order chi connectivity index (χ1) is 19.0. The zero-order chi connectivity index (χ0) is 30.5. The van der Waals surface area contributed by atoms with E-state index in [1.54, 1.807) is 0 Å². The highest BCUT2D eigenvalue weighted by atomic mass is 79.9. The summed E-state index contributed by atoms with van der Waals surface area (Å²) in [5.41, 5.74) is 0. The highest BCUT2D eigenvalue weighted by Crippen LogP contribution is 2.26. The summed E-state index contributed by atoms with van der Waals surface area (Å²) in [5.74, 6) is 3.29. The number of halogens is 2. The summed E-state index contributed by atoms with van der Waals surface area (Å²) < 4.78 is 10.3. The van der Waals surface area contributed by atoms with Gasteiger partial charge in [0.05, 0.1) is 17.5 Å². The van der Waals surface area contributed by atoms with Crippen LogP contribution in [0.2, 0.25) is 0 Å². The van der Waals surface area contributed by atoms with Gasteiger partial charge in [0.1, 0.15) is 10.1 Å². The van der Waals surface area contributed by atoms with Crippen LogP contribution in [0.25, 0.3) is 0 Å². The molecule has 0 bridgehead atoms. The van der Waals surface area contributed by atoms with E-state index in [4.69, 9.17) is 9.47 Å². The Labute approximate surface area is 275 Å². The molecule has 40 heavy (non-hydrogen) atoms. The predicted octanol–water partition coefficient (Wildman–Crippen LogP) is 12.8. The lowest BCUT2D eigenvalue weighted by Crippen LogP contribution is -2.26. The second kappa shape index (κ2) is 29.7. The van der Waals surface area contributed by atoms with Gasteiger partial charge in [0.2, 0.25) is 0 Å². The number of carbonyl (C=O) groups is 1. The van der Waals surface area contributed by atoms with E-state index in [1.165, 1.54) is 108 Å². The molecule has 0 heterocycles. The third-order valence-electron chi connectivity index (χ3n) is 6.49. The maximum absolute atomic E-state index is 11.6. The van der Waals surface area contributed by atoms with Gasteiger partial charge in [-0.3, -0.25) is 4.79 Å². The summed E-state index contributed by atoms with van der Waals surface area (Å²) in [6, 6.07) is 0. The molecule has 7 heteroatoms. The van der Waals surface area contributed by atoms with Crippen molar-refractivity contribution in [2.24, 2.45) is 0 Å². The first-order valence-corrected chi connectivity index (χ1v) is 20.2. The Morgan fingerprint density at radius 3 is 1.18 bits per heavy atom. The molecular weight excluding hydrogens is 668 g/mol. The monoisotopic (exact) mass is 730 g/mol. The molecule has 0 fully saturated rings. The van der Waals surface area contributed by atoms with E-state index in [-0.39, 0.29) is 10.3 Å². The molecule has 0 spiro atoms. The van der Waals surface area contributed by atoms with Gasteiger partial charge in [0, 0.05) is 11.5 Å². The number of unbranched alkanes of at least 4 members (excludes halogenated alkanes) is 16. The van der Waals surface area contributed by atoms with Crippen LogP contribution in [0, 0.1) is 0 Å². The van der Waals surface area contributed by atoms with E-state index < -0.39 is 4.32 Å². The zero-order valence-electron chi connectivity index (χ0n) is 27.1. The van der Waals surface area contributed by atoms with Crippen LogP contribution in [0.15, 0.2) is 12.3 Å². The van der Waals surface area contributed by atoms with Gasteiger partial charge < -0.3 is 9.47 Å². The second-order valence-electron chi connectivity index (χ2n) is 11.4. The van der Waals surface area contributed by atoms with E-state index in [9.17, 15) is 4.79 Å². The number of allylic oxidation sites excluding steroid dienone is 1. The molecule has 0 aliphatic rings. The van der Waals surface area contributed by atoms with Crippen molar-refractivity contribution in [3.8, 4) is 0 Å². The van der Waals surface area contributed by atoms with Crippen LogP contribution >= 0.6 is 53.4 Å². The number of hydrogen-bond donors (Lipinski definition) is 0. The van der Waals surface area contributed by atoms with Gasteiger partial charge in [0.25, 0.3) is 0 Å². The normalized spacial score (nSPS) is 11.6. The summed E-state index contributed by atoms with van der Waals surface area (Å²) in [5, 5.41) is 0. The molecule has 0 atom stereocenters. The number of hydrogen-bond acceptors (Lipinski definition) is 5. The summed E-state index contributed by atoms with van der Waals surface area (Å²) >= 11 is 6.91. The minimum Gasteiger partial charge on any atom is -0.497 e. The Bertz CT molecular complexity index is 525. The first-order valence-electron chi connectivity index (χ1n) is 16.2. The van der Waals surface area contributed by atoms with E-state index in [0.29, 0.717) is 6.61 Å². The van der Waals surface area contributed by atoms with Gasteiger partial charge in [-0.05, 0) is 53.4 Å². The van der Waals surface area contributed by atoms with Crippen LogP contribution in [-0.2, 0) is 14.3 Å². The quantitative estimate of drug-likeness (QED) is 0.0263. The minimum absolute atomic E-state index is 0.126. The molecule has 0 aromatic heterocycles. The van der Waals surface area contributed by atoms with Gasteiger partial charge in [-0.1, -0.05) is 164 Å². The lowest BCUT2D eigenvalue weighted by molar-refractivity contribution is -0.145. The SMILES string of the molecule is C=C(OCCCCCCCCCCCSSCCCCCCCCCCCOC(=O)C(C)(C)Br)C(C)(C)Br.CC. The van der Waals surface area contributed by atoms with Crippen molar-refractivity contribution in [1.82, 2.24) is 0 Å². The second-order valence-corrected chi connectivity index (χ2v) is 18.0. The standard InChI is InChI=1S/C31H58Br2O3S2.C2H6/c1-28(30(2,3)32)35-24-20-16-12-8-6-10-14-18-22-26-37-38-27-23-19-15-11-7-9-13-17-21-25-36-29(34)31(4,5)33;1-2/h1,6-27H2,2-5H3;1-2H3. The summed E-state index contributed by atoms with van der Waals surface area (Å²) in [6.07, 6.45) is 23.6. The fraction of sp³-hybridized carbons (Fsp3) is 0.909. The Kier molecular flexibility index (Phi) is 31.8. The molecule has 3 nitrogen and oxygen atoms in total. The molecular formula is C33H64Br2O3S2. The molecule has 0 rings (SSSR count).